The lowest BCUT2D eigenvalue weighted by Crippen LogP contribution is -2.13. The maximum Gasteiger partial charge on any atom is 0.0222 e. The fraction of sp³-hybridized carbons (Fsp3) is 0.692. The zero-order valence-corrected chi connectivity index (χ0v) is 10.3. The van der Waals surface area contributed by atoms with Gasteiger partial charge in [0, 0.05) is 25.5 Å². The van der Waals surface area contributed by atoms with E-state index in [1.54, 1.807) is 0 Å². The van der Waals surface area contributed by atoms with Gasteiger partial charge >= 0.3 is 0 Å². The van der Waals surface area contributed by atoms with Gasteiger partial charge in [-0.1, -0.05) is 20.8 Å². The molecule has 0 aliphatic rings. The van der Waals surface area contributed by atoms with Gasteiger partial charge in [0.2, 0.25) is 0 Å². The van der Waals surface area contributed by atoms with E-state index in [4.69, 9.17) is 0 Å². The molecule has 0 saturated carbocycles. The maximum absolute atomic E-state index is 3.42. The van der Waals surface area contributed by atoms with E-state index in [1.807, 2.05) is 0 Å². The van der Waals surface area contributed by atoms with Gasteiger partial charge in [0.15, 0.2) is 0 Å². The molecule has 2 nitrogen and oxygen atoms in total. The SMILES string of the molecule is CCCNCc1ccn(CCC(C)C)c1. The minimum absolute atomic E-state index is 0.786. The molecule has 1 heterocycles. The largest absolute Gasteiger partial charge is 0.354 e. The third kappa shape index (κ3) is 5.03. The Morgan fingerprint density at radius 1 is 1.40 bits per heavy atom. The number of hydrogen-bond donors (Lipinski definition) is 1. The predicted molar refractivity (Wildman–Crippen MR) is 65.9 cm³/mol. The Balaban J connectivity index is 2.29. The Kier molecular flexibility index (Phi) is 5.48. The standard InChI is InChI=1S/C13H24N2/c1-4-7-14-10-13-6-9-15(11-13)8-5-12(2)3/h6,9,11-12,14H,4-5,7-8,10H2,1-3H3. The summed E-state index contributed by atoms with van der Waals surface area (Å²) in [5, 5.41) is 3.42. The van der Waals surface area contributed by atoms with Crippen molar-refractivity contribution < 1.29 is 0 Å². The van der Waals surface area contributed by atoms with Crippen LogP contribution < -0.4 is 5.32 Å². The Morgan fingerprint density at radius 2 is 2.20 bits per heavy atom. The van der Waals surface area contributed by atoms with Gasteiger partial charge in [-0.2, -0.15) is 0 Å². The van der Waals surface area contributed by atoms with E-state index in [2.05, 4.69) is 49.1 Å². The van der Waals surface area contributed by atoms with Crippen molar-refractivity contribution in [1.29, 1.82) is 0 Å². The third-order valence-electron chi connectivity index (χ3n) is 2.53. The average Bonchev–Trinajstić information content (AvgIpc) is 2.63. The number of nitrogens with zero attached hydrogens (tertiary/aromatic N) is 1. The molecule has 0 saturated heterocycles. The summed E-state index contributed by atoms with van der Waals surface area (Å²) in [4.78, 5) is 0. The molecule has 1 N–H and O–H groups in total. The Morgan fingerprint density at radius 3 is 2.87 bits per heavy atom. The van der Waals surface area contributed by atoms with Crippen molar-refractivity contribution in [3.63, 3.8) is 0 Å². The van der Waals surface area contributed by atoms with Crippen LogP contribution in [0, 0.1) is 5.92 Å². The van der Waals surface area contributed by atoms with Crippen LogP contribution in [0.1, 0.15) is 39.2 Å². The van der Waals surface area contributed by atoms with Gasteiger partial charge in [-0.15, -0.1) is 0 Å². The second-order valence-electron chi connectivity index (χ2n) is 4.62. The lowest BCUT2D eigenvalue weighted by Gasteiger charge is -2.05. The smallest absolute Gasteiger partial charge is 0.0222 e. The van der Waals surface area contributed by atoms with Crippen molar-refractivity contribution in [3.8, 4) is 0 Å². The highest BCUT2D eigenvalue weighted by molar-refractivity contribution is 5.09. The van der Waals surface area contributed by atoms with Crippen molar-refractivity contribution in [2.75, 3.05) is 6.54 Å². The minimum Gasteiger partial charge on any atom is -0.354 e. The van der Waals surface area contributed by atoms with Crippen molar-refractivity contribution in [2.45, 2.75) is 46.7 Å². The average molecular weight is 208 g/mol. The molecule has 1 aromatic heterocycles. The van der Waals surface area contributed by atoms with Crippen molar-refractivity contribution in [1.82, 2.24) is 9.88 Å². The molecule has 0 unspecified atom stereocenters. The number of aryl methyl sites for hydroxylation is 1. The highest BCUT2D eigenvalue weighted by Gasteiger charge is 1.98. The van der Waals surface area contributed by atoms with Crippen LogP contribution in [-0.2, 0) is 13.1 Å². The number of aromatic nitrogens is 1. The van der Waals surface area contributed by atoms with Gasteiger partial charge in [-0.3, -0.25) is 0 Å². The molecular formula is C13H24N2. The molecule has 1 rings (SSSR count). The molecule has 0 fully saturated rings. The summed E-state index contributed by atoms with van der Waals surface area (Å²) < 4.78 is 2.29. The zero-order chi connectivity index (χ0) is 11.1. The van der Waals surface area contributed by atoms with Gasteiger partial charge in [0.1, 0.15) is 0 Å². The lowest BCUT2D eigenvalue weighted by atomic mass is 10.1. The van der Waals surface area contributed by atoms with Gasteiger partial charge in [0.05, 0.1) is 0 Å². The van der Waals surface area contributed by atoms with E-state index >= 15 is 0 Å². The predicted octanol–water partition coefficient (Wildman–Crippen LogP) is 3.03. The molecule has 86 valence electrons. The third-order valence-corrected chi connectivity index (χ3v) is 2.53. The van der Waals surface area contributed by atoms with Crippen LogP contribution in [0.3, 0.4) is 0 Å². The Bertz CT molecular complexity index is 263. The molecule has 15 heavy (non-hydrogen) atoms. The fourth-order valence-corrected chi connectivity index (χ4v) is 1.55. The molecule has 0 radical (unpaired) electrons. The van der Waals surface area contributed by atoms with E-state index in [0.29, 0.717) is 0 Å². The molecule has 0 aliphatic heterocycles. The number of nitrogens with one attached hydrogen (secondary N) is 1. The van der Waals surface area contributed by atoms with E-state index in [-0.39, 0.29) is 0 Å². The molecule has 0 bridgehead atoms. The lowest BCUT2D eigenvalue weighted by molar-refractivity contribution is 0.516. The Hall–Kier alpha value is -0.760. The first-order valence-electron chi connectivity index (χ1n) is 6.07. The summed E-state index contributed by atoms with van der Waals surface area (Å²) in [6.45, 7) is 9.99. The normalized spacial score (nSPS) is 11.2. The fourth-order valence-electron chi connectivity index (χ4n) is 1.55. The highest BCUT2D eigenvalue weighted by Crippen LogP contribution is 2.06. The van der Waals surface area contributed by atoms with Crippen LogP contribution >= 0.6 is 0 Å². The molecule has 0 aliphatic carbocycles. The van der Waals surface area contributed by atoms with Gasteiger partial charge in [-0.25, -0.2) is 0 Å². The molecular weight excluding hydrogens is 184 g/mol. The summed E-state index contributed by atoms with van der Waals surface area (Å²) in [5.74, 6) is 0.786. The zero-order valence-electron chi connectivity index (χ0n) is 10.3. The second kappa shape index (κ2) is 6.67. The Labute approximate surface area is 93.7 Å². The van der Waals surface area contributed by atoms with Crippen LogP contribution in [0.2, 0.25) is 0 Å². The molecule has 0 atom stereocenters. The number of hydrogen-bond acceptors (Lipinski definition) is 1. The van der Waals surface area contributed by atoms with Gasteiger partial charge in [0.25, 0.3) is 0 Å². The van der Waals surface area contributed by atoms with E-state index < -0.39 is 0 Å². The quantitative estimate of drug-likeness (QED) is 0.682. The molecule has 0 spiro atoms. The summed E-state index contributed by atoms with van der Waals surface area (Å²) in [6, 6.07) is 2.21. The summed E-state index contributed by atoms with van der Waals surface area (Å²) in [7, 11) is 0. The first kappa shape index (κ1) is 12.3. The summed E-state index contributed by atoms with van der Waals surface area (Å²) in [6.07, 6.45) is 6.90. The summed E-state index contributed by atoms with van der Waals surface area (Å²) in [5.41, 5.74) is 1.40. The topological polar surface area (TPSA) is 17.0 Å². The van der Waals surface area contributed by atoms with Crippen molar-refractivity contribution in [3.05, 3.63) is 24.0 Å². The van der Waals surface area contributed by atoms with Crippen LogP contribution in [-0.4, -0.2) is 11.1 Å². The summed E-state index contributed by atoms with van der Waals surface area (Å²) >= 11 is 0. The first-order valence-corrected chi connectivity index (χ1v) is 6.07. The van der Waals surface area contributed by atoms with E-state index in [1.165, 1.54) is 18.4 Å². The number of rotatable bonds is 7. The monoisotopic (exact) mass is 208 g/mol. The van der Waals surface area contributed by atoms with Gasteiger partial charge in [-0.05, 0) is 36.9 Å². The molecule has 1 aromatic rings. The minimum atomic E-state index is 0.786. The maximum atomic E-state index is 3.42. The van der Waals surface area contributed by atoms with E-state index in [0.717, 1.165) is 25.6 Å². The van der Waals surface area contributed by atoms with E-state index in [9.17, 15) is 0 Å². The first-order chi connectivity index (χ1) is 7.22. The highest BCUT2D eigenvalue weighted by atomic mass is 14.9. The van der Waals surface area contributed by atoms with Crippen LogP contribution in [0.15, 0.2) is 18.5 Å². The molecule has 0 amide bonds. The van der Waals surface area contributed by atoms with Crippen LogP contribution in [0.4, 0.5) is 0 Å². The van der Waals surface area contributed by atoms with Crippen molar-refractivity contribution in [2.24, 2.45) is 5.92 Å². The van der Waals surface area contributed by atoms with Gasteiger partial charge < -0.3 is 9.88 Å². The van der Waals surface area contributed by atoms with Crippen LogP contribution in [0.5, 0.6) is 0 Å². The van der Waals surface area contributed by atoms with Crippen LogP contribution in [0.25, 0.3) is 0 Å². The second-order valence-corrected chi connectivity index (χ2v) is 4.62. The van der Waals surface area contributed by atoms with Crippen molar-refractivity contribution >= 4 is 0 Å². The molecule has 2 heteroatoms. The molecule has 0 aromatic carbocycles.